The first-order valence-corrected chi connectivity index (χ1v) is 11.5. The number of nitrogens with one attached hydrogen (secondary N) is 1. The van der Waals surface area contributed by atoms with E-state index in [9.17, 15) is 34.2 Å². The zero-order valence-electron chi connectivity index (χ0n) is 19.1. The number of amides is 3. The average Bonchev–Trinajstić information content (AvgIpc) is 3.48. The third-order valence-electron chi connectivity index (χ3n) is 6.36. The van der Waals surface area contributed by atoms with E-state index >= 15 is 0 Å². The molecule has 3 amide bonds. The van der Waals surface area contributed by atoms with Gasteiger partial charge in [0.1, 0.15) is 23.9 Å². The van der Waals surface area contributed by atoms with Crippen LogP contribution in [-0.4, -0.2) is 92.0 Å². The number of carboxylic acids is 2. The Balaban J connectivity index is 1.81. The molecule has 2 heterocycles. The van der Waals surface area contributed by atoms with Crippen molar-refractivity contribution in [2.45, 2.75) is 62.7 Å². The van der Waals surface area contributed by atoms with Crippen molar-refractivity contribution in [3.8, 4) is 5.75 Å². The minimum atomic E-state index is -1.38. The number of rotatable bonds is 9. The van der Waals surface area contributed by atoms with Crippen LogP contribution in [0.3, 0.4) is 0 Å². The van der Waals surface area contributed by atoms with Gasteiger partial charge in [0, 0.05) is 19.5 Å². The van der Waals surface area contributed by atoms with Gasteiger partial charge in [-0.05, 0) is 43.4 Å². The number of likely N-dealkylation sites (tertiary alicyclic amines) is 2. The number of hydrogen-bond donors (Lipinski definition) is 5. The molecule has 190 valence electrons. The number of hydrogen-bond acceptors (Lipinski definition) is 7. The van der Waals surface area contributed by atoms with Gasteiger partial charge in [0.25, 0.3) is 0 Å². The minimum absolute atomic E-state index is 0.0174. The molecule has 2 aliphatic heterocycles. The lowest BCUT2D eigenvalue weighted by atomic mass is 10.0. The van der Waals surface area contributed by atoms with Crippen LogP contribution in [0, 0.1) is 0 Å². The van der Waals surface area contributed by atoms with Crippen LogP contribution in [0.15, 0.2) is 24.3 Å². The Morgan fingerprint density at radius 3 is 2.17 bits per heavy atom. The third kappa shape index (κ3) is 6.27. The summed E-state index contributed by atoms with van der Waals surface area (Å²) in [6.45, 7) is 0.552. The number of nitrogens with two attached hydrogens (primary N) is 1. The largest absolute Gasteiger partial charge is 0.508 e. The highest BCUT2D eigenvalue weighted by Crippen LogP contribution is 2.26. The van der Waals surface area contributed by atoms with Crippen LogP contribution in [0.25, 0.3) is 0 Å². The number of benzene rings is 1. The number of aliphatic carboxylic acids is 2. The van der Waals surface area contributed by atoms with E-state index in [2.05, 4.69) is 5.32 Å². The van der Waals surface area contributed by atoms with E-state index in [4.69, 9.17) is 10.8 Å². The number of carbonyl (C=O) groups excluding carboxylic acids is 3. The predicted molar refractivity (Wildman–Crippen MR) is 121 cm³/mol. The quantitative estimate of drug-likeness (QED) is 0.297. The zero-order chi connectivity index (χ0) is 25.7. The van der Waals surface area contributed by atoms with Crippen molar-refractivity contribution in [3.63, 3.8) is 0 Å². The van der Waals surface area contributed by atoms with Crippen molar-refractivity contribution in [1.29, 1.82) is 0 Å². The molecule has 4 unspecified atom stereocenters. The SMILES string of the molecule is NC(CC(=O)O)C(=O)NC(Cc1ccc(O)cc1)C(=O)N1CCCC1C(=O)N1CCCC1C(=O)O. The van der Waals surface area contributed by atoms with E-state index in [1.165, 1.54) is 21.9 Å². The van der Waals surface area contributed by atoms with Crippen LogP contribution in [0.5, 0.6) is 5.75 Å². The summed E-state index contributed by atoms with van der Waals surface area (Å²) >= 11 is 0. The molecule has 0 bridgehead atoms. The fourth-order valence-electron chi connectivity index (χ4n) is 4.59. The summed E-state index contributed by atoms with van der Waals surface area (Å²) in [6, 6.07) is 1.71. The Morgan fingerprint density at radius 2 is 1.57 bits per heavy atom. The van der Waals surface area contributed by atoms with Gasteiger partial charge in [0.15, 0.2) is 0 Å². The number of phenols is 1. The van der Waals surface area contributed by atoms with Gasteiger partial charge in [-0.3, -0.25) is 19.2 Å². The molecule has 0 saturated carbocycles. The summed E-state index contributed by atoms with van der Waals surface area (Å²) in [5, 5.41) is 30.4. The monoisotopic (exact) mass is 490 g/mol. The number of carboxylic acid groups (broad SMARTS) is 2. The number of aromatic hydroxyl groups is 1. The van der Waals surface area contributed by atoms with Crippen molar-refractivity contribution < 1.29 is 39.3 Å². The summed E-state index contributed by atoms with van der Waals surface area (Å²) in [5.41, 5.74) is 6.28. The van der Waals surface area contributed by atoms with E-state index in [1.807, 2.05) is 0 Å². The molecule has 0 aromatic heterocycles. The molecule has 1 aromatic carbocycles. The molecule has 2 saturated heterocycles. The van der Waals surface area contributed by atoms with Gasteiger partial charge in [0.2, 0.25) is 17.7 Å². The Morgan fingerprint density at radius 1 is 0.971 bits per heavy atom. The number of nitrogens with zero attached hydrogens (tertiary/aromatic N) is 2. The highest BCUT2D eigenvalue weighted by atomic mass is 16.4. The smallest absolute Gasteiger partial charge is 0.326 e. The number of carbonyl (C=O) groups is 5. The summed E-state index contributed by atoms with van der Waals surface area (Å²) in [7, 11) is 0. The van der Waals surface area contributed by atoms with Gasteiger partial charge in [-0.1, -0.05) is 12.1 Å². The molecule has 12 nitrogen and oxygen atoms in total. The maximum atomic E-state index is 13.6. The van der Waals surface area contributed by atoms with Crippen LogP contribution in [-0.2, 0) is 30.4 Å². The molecule has 4 atom stereocenters. The lowest BCUT2D eigenvalue weighted by Crippen LogP contribution is -2.57. The van der Waals surface area contributed by atoms with E-state index in [0.29, 0.717) is 37.8 Å². The predicted octanol–water partition coefficient (Wildman–Crippen LogP) is -0.712. The zero-order valence-corrected chi connectivity index (χ0v) is 19.1. The van der Waals surface area contributed by atoms with Crippen LogP contribution in [0.1, 0.15) is 37.7 Å². The fourth-order valence-corrected chi connectivity index (χ4v) is 4.59. The molecule has 0 aliphatic carbocycles. The lowest BCUT2D eigenvalue weighted by Gasteiger charge is -2.32. The third-order valence-corrected chi connectivity index (χ3v) is 6.36. The minimum Gasteiger partial charge on any atom is -0.508 e. The summed E-state index contributed by atoms with van der Waals surface area (Å²) in [4.78, 5) is 64.5. The second-order valence-electron chi connectivity index (χ2n) is 8.85. The molecule has 35 heavy (non-hydrogen) atoms. The second kappa shape index (κ2) is 11.2. The molecule has 0 radical (unpaired) electrons. The Bertz CT molecular complexity index is 982. The topological polar surface area (TPSA) is 191 Å². The standard InChI is InChI=1S/C23H30N4O8/c24-15(12-19(29)30)20(31)25-16(11-13-5-7-14(28)8-6-13)21(32)26-9-1-3-17(26)22(33)27-10-2-4-18(27)23(34)35/h5-8,15-18,28H,1-4,9-12,24H2,(H,25,31)(H,29,30)(H,34,35). The van der Waals surface area contributed by atoms with Crippen LogP contribution >= 0.6 is 0 Å². The fraction of sp³-hybridized carbons (Fsp3) is 0.522. The second-order valence-corrected chi connectivity index (χ2v) is 8.85. The Kier molecular flexibility index (Phi) is 8.28. The van der Waals surface area contributed by atoms with E-state index in [0.717, 1.165) is 0 Å². The lowest BCUT2D eigenvalue weighted by molar-refractivity contribution is -0.152. The van der Waals surface area contributed by atoms with Crippen molar-refractivity contribution in [1.82, 2.24) is 15.1 Å². The van der Waals surface area contributed by atoms with E-state index in [1.54, 1.807) is 12.1 Å². The van der Waals surface area contributed by atoms with Gasteiger partial charge in [-0.25, -0.2) is 4.79 Å². The van der Waals surface area contributed by atoms with Crippen LogP contribution < -0.4 is 11.1 Å². The van der Waals surface area contributed by atoms with Crippen molar-refractivity contribution >= 4 is 29.7 Å². The van der Waals surface area contributed by atoms with Crippen LogP contribution in [0.2, 0.25) is 0 Å². The first-order valence-electron chi connectivity index (χ1n) is 11.5. The Hall–Kier alpha value is -3.67. The molecule has 0 spiro atoms. The number of phenolic OH excluding ortho intramolecular Hbond substituents is 1. The molecular formula is C23H30N4O8. The highest BCUT2D eigenvalue weighted by Gasteiger charge is 2.43. The van der Waals surface area contributed by atoms with Crippen molar-refractivity contribution in [2.75, 3.05) is 13.1 Å². The maximum Gasteiger partial charge on any atom is 0.326 e. The molecule has 1 aromatic rings. The Labute approximate surface area is 201 Å². The molecule has 2 fully saturated rings. The molecule has 6 N–H and O–H groups in total. The van der Waals surface area contributed by atoms with Gasteiger partial charge in [0.05, 0.1) is 12.5 Å². The van der Waals surface area contributed by atoms with Crippen molar-refractivity contribution in [2.24, 2.45) is 5.73 Å². The summed E-state index contributed by atoms with van der Waals surface area (Å²) in [5.74, 6) is -4.13. The average molecular weight is 491 g/mol. The van der Waals surface area contributed by atoms with Gasteiger partial charge >= 0.3 is 11.9 Å². The molecule has 12 heteroatoms. The molecule has 3 rings (SSSR count). The van der Waals surface area contributed by atoms with Crippen molar-refractivity contribution in [3.05, 3.63) is 29.8 Å². The summed E-state index contributed by atoms with van der Waals surface area (Å²) in [6.07, 6.45) is 1.21. The summed E-state index contributed by atoms with van der Waals surface area (Å²) < 4.78 is 0. The normalized spacial score (nSPS) is 21.4. The maximum absolute atomic E-state index is 13.6. The van der Waals surface area contributed by atoms with Gasteiger partial charge in [-0.15, -0.1) is 0 Å². The molecule has 2 aliphatic rings. The van der Waals surface area contributed by atoms with E-state index in [-0.39, 0.29) is 18.7 Å². The van der Waals surface area contributed by atoms with Gasteiger partial charge < -0.3 is 36.2 Å². The molecular weight excluding hydrogens is 460 g/mol. The van der Waals surface area contributed by atoms with Crippen LogP contribution in [0.4, 0.5) is 0 Å². The van der Waals surface area contributed by atoms with Gasteiger partial charge in [-0.2, -0.15) is 0 Å². The highest BCUT2D eigenvalue weighted by molar-refractivity contribution is 5.95. The van der Waals surface area contributed by atoms with E-state index < -0.39 is 60.2 Å². The first-order chi connectivity index (χ1) is 16.6. The first kappa shape index (κ1) is 25.9.